The van der Waals surface area contributed by atoms with Gasteiger partial charge in [-0.15, -0.1) is 11.8 Å². The van der Waals surface area contributed by atoms with E-state index in [1.165, 1.54) is 10.5 Å². The molecule has 0 saturated carbocycles. The van der Waals surface area contributed by atoms with Crippen LogP contribution in [-0.4, -0.2) is 36.2 Å². The average Bonchev–Trinajstić information content (AvgIpc) is 2.71. The Bertz CT molecular complexity index is 462. The summed E-state index contributed by atoms with van der Waals surface area (Å²) in [4.78, 5) is 15.0. The molecule has 110 valence electrons. The Morgan fingerprint density at radius 2 is 2.25 bits per heavy atom. The lowest BCUT2D eigenvalue weighted by molar-refractivity contribution is -0.126. The fourth-order valence-electron chi connectivity index (χ4n) is 2.30. The van der Waals surface area contributed by atoms with Crippen LogP contribution in [0.15, 0.2) is 29.2 Å². The molecule has 0 bridgehead atoms. The zero-order chi connectivity index (χ0) is 14.5. The Morgan fingerprint density at radius 3 is 2.90 bits per heavy atom. The second-order valence-electron chi connectivity index (χ2n) is 5.83. The summed E-state index contributed by atoms with van der Waals surface area (Å²) >= 11 is 1.70. The molecule has 3 nitrogen and oxygen atoms in total. The first-order chi connectivity index (χ1) is 9.56. The van der Waals surface area contributed by atoms with Crippen molar-refractivity contribution in [3.63, 3.8) is 0 Å². The van der Waals surface area contributed by atoms with Crippen molar-refractivity contribution in [2.45, 2.75) is 37.0 Å². The second kappa shape index (κ2) is 7.14. The SMILES string of the molecule is CC(C)CNCc1cccc(SC2CCN(C)C2=O)c1. The number of rotatable bonds is 6. The summed E-state index contributed by atoms with van der Waals surface area (Å²) in [5.41, 5.74) is 1.29. The van der Waals surface area contributed by atoms with Gasteiger partial charge in [0.15, 0.2) is 0 Å². The molecule has 0 radical (unpaired) electrons. The molecule has 1 aliphatic rings. The van der Waals surface area contributed by atoms with E-state index in [4.69, 9.17) is 0 Å². The molecule has 1 heterocycles. The van der Waals surface area contributed by atoms with Crippen LogP contribution in [0.2, 0.25) is 0 Å². The minimum absolute atomic E-state index is 0.0962. The summed E-state index contributed by atoms with van der Waals surface area (Å²) in [5.74, 6) is 0.928. The van der Waals surface area contributed by atoms with Gasteiger partial charge < -0.3 is 10.2 Å². The van der Waals surface area contributed by atoms with Crippen molar-refractivity contribution in [2.24, 2.45) is 5.92 Å². The Balaban J connectivity index is 1.91. The van der Waals surface area contributed by atoms with Crippen LogP contribution in [0.4, 0.5) is 0 Å². The van der Waals surface area contributed by atoms with E-state index in [0.29, 0.717) is 5.92 Å². The van der Waals surface area contributed by atoms with Crippen molar-refractivity contribution in [2.75, 3.05) is 20.1 Å². The quantitative estimate of drug-likeness (QED) is 0.875. The monoisotopic (exact) mass is 292 g/mol. The molecule has 1 aromatic rings. The maximum Gasteiger partial charge on any atom is 0.235 e. The van der Waals surface area contributed by atoms with Crippen molar-refractivity contribution in [3.05, 3.63) is 29.8 Å². The van der Waals surface area contributed by atoms with E-state index >= 15 is 0 Å². The number of amides is 1. The normalized spacial score (nSPS) is 19.1. The van der Waals surface area contributed by atoms with Gasteiger partial charge >= 0.3 is 0 Å². The first-order valence-corrected chi connectivity index (χ1v) is 8.15. The molecule has 0 aromatic heterocycles. The molecule has 1 N–H and O–H groups in total. The molecule has 1 aliphatic heterocycles. The lowest BCUT2D eigenvalue weighted by atomic mass is 10.2. The third kappa shape index (κ3) is 4.25. The predicted molar refractivity (Wildman–Crippen MR) is 84.9 cm³/mol. The summed E-state index contributed by atoms with van der Waals surface area (Å²) in [6.07, 6.45) is 0.954. The molecule has 4 heteroatoms. The van der Waals surface area contributed by atoms with Gasteiger partial charge in [0.2, 0.25) is 5.91 Å². The van der Waals surface area contributed by atoms with Crippen molar-refractivity contribution >= 4 is 17.7 Å². The largest absolute Gasteiger partial charge is 0.345 e. The zero-order valence-electron chi connectivity index (χ0n) is 12.6. The van der Waals surface area contributed by atoms with Crippen molar-refractivity contribution in [3.8, 4) is 0 Å². The number of nitrogens with one attached hydrogen (secondary N) is 1. The molecule has 1 atom stereocenters. The fourth-order valence-corrected chi connectivity index (χ4v) is 3.51. The third-order valence-electron chi connectivity index (χ3n) is 3.44. The van der Waals surface area contributed by atoms with E-state index in [9.17, 15) is 4.79 Å². The maximum atomic E-state index is 11.9. The number of hydrogen-bond donors (Lipinski definition) is 1. The Morgan fingerprint density at radius 1 is 1.45 bits per heavy atom. The molecular formula is C16H24N2OS. The highest BCUT2D eigenvalue weighted by Crippen LogP contribution is 2.30. The van der Waals surface area contributed by atoms with E-state index in [0.717, 1.165) is 26.1 Å². The fraction of sp³-hybridized carbons (Fsp3) is 0.562. The number of likely N-dealkylation sites (tertiary alicyclic amines) is 1. The molecule has 1 saturated heterocycles. The smallest absolute Gasteiger partial charge is 0.235 e. The third-order valence-corrected chi connectivity index (χ3v) is 4.68. The predicted octanol–water partition coefficient (Wildman–Crippen LogP) is 2.76. The van der Waals surface area contributed by atoms with E-state index in [1.807, 2.05) is 11.9 Å². The zero-order valence-corrected chi connectivity index (χ0v) is 13.4. The van der Waals surface area contributed by atoms with Crippen LogP contribution in [0.5, 0.6) is 0 Å². The molecular weight excluding hydrogens is 268 g/mol. The molecule has 1 fully saturated rings. The van der Waals surface area contributed by atoms with Crippen LogP contribution < -0.4 is 5.32 Å². The molecule has 20 heavy (non-hydrogen) atoms. The maximum absolute atomic E-state index is 11.9. The summed E-state index contributed by atoms with van der Waals surface area (Å²) in [7, 11) is 1.88. The van der Waals surface area contributed by atoms with E-state index in [2.05, 4.69) is 43.4 Å². The number of thioether (sulfide) groups is 1. The highest BCUT2D eigenvalue weighted by molar-refractivity contribution is 8.00. The van der Waals surface area contributed by atoms with E-state index in [-0.39, 0.29) is 11.2 Å². The number of hydrogen-bond acceptors (Lipinski definition) is 3. The van der Waals surface area contributed by atoms with Crippen LogP contribution in [0.3, 0.4) is 0 Å². The van der Waals surface area contributed by atoms with Gasteiger partial charge in [-0.05, 0) is 36.6 Å². The number of benzene rings is 1. The highest BCUT2D eigenvalue weighted by Gasteiger charge is 2.29. The average molecular weight is 292 g/mol. The molecule has 1 unspecified atom stereocenters. The number of nitrogens with zero attached hydrogens (tertiary/aromatic N) is 1. The van der Waals surface area contributed by atoms with Crippen molar-refractivity contribution in [1.82, 2.24) is 10.2 Å². The van der Waals surface area contributed by atoms with Gasteiger partial charge in [0.1, 0.15) is 0 Å². The van der Waals surface area contributed by atoms with Gasteiger partial charge in [0, 0.05) is 25.0 Å². The molecule has 0 aliphatic carbocycles. The molecule has 1 aromatic carbocycles. The Hall–Kier alpha value is -1.00. The van der Waals surface area contributed by atoms with Crippen molar-refractivity contribution in [1.29, 1.82) is 0 Å². The van der Waals surface area contributed by atoms with Crippen LogP contribution in [0.25, 0.3) is 0 Å². The molecule has 0 spiro atoms. The summed E-state index contributed by atoms with van der Waals surface area (Å²) in [5, 5.41) is 3.55. The summed E-state index contributed by atoms with van der Waals surface area (Å²) < 4.78 is 0. The van der Waals surface area contributed by atoms with Gasteiger partial charge in [-0.2, -0.15) is 0 Å². The minimum atomic E-state index is 0.0962. The number of carbonyl (C=O) groups excluding carboxylic acids is 1. The summed E-state index contributed by atoms with van der Waals surface area (Å²) in [6, 6.07) is 8.52. The topological polar surface area (TPSA) is 32.3 Å². The van der Waals surface area contributed by atoms with Crippen molar-refractivity contribution < 1.29 is 4.79 Å². The van der Waals surface area contributed by atoms with Gasteiger partial charge in [-0.1, -0.05) is 26.0 Å². The molecule has 1 amide bonds. The highest BCUT2D eigenvalue weighted by atomic mass is 32.2. The Labute approximate surface area is 126 Å². The number of carbonyl (C=O) groups is 1. The first kappa shape index (κ1) is 15.4. The lowest BCUT2D eigenvalue weighted by Gasteiger charge is -2.11. The standard InChI is InChI=1S/C16H24N2OS/c1-12(2)10-17-11-13-5-4-6-14(9-13)20-15-7-8-18(3)16(15)19/h4-6,9,12,15,17H,7-8,10-11H2,1-3H3. The van der Waals surface area contributed by atoms with Crippen LogP contribution >= 0.6 is 11.8 Å². The lowest BCUT2D eigenvalue weighted by Crippen LogP contribution is -2.23. The van der Waals surface area contributed by atoms with Crippen LogP contribution in [0, 0.1) is 5.92 Å². The summed E-state index contributed by atoms with van der Waals surface area (Å²) in [6.45, 7) is 7.23. The van der Waals surface area contributed by atoms with Gasteiger partial charge in [0.05, 0.1) is 5.25 Å². The Kier molecular flexibility index (Phi) is 5.49. The second-order valence-corrected chi connectivity index (χ2v) is 7.10. The van der Waals surface area contributed by atoms with E-state index in [1.54, 1.807) is 11.8 Å². The van der Waals surface area contributed by atoms with Gasteiger partial charge in [-0.3, -0.25) is 4.79 Å². The van der Waals surface area contributed by atoms with Crippen LogP contribution in [-0.2, 0) is 11.3 Å². The van der Waals surface area contributed by atoms with Crippen LogP contribution in [0.1, 0.15) is 25.8 Å². The van der Waals surface area contributed by atoms with E-state index < -0.39 is 0 Å². The first-order valence-electron chi connectivity index (χ1n) is 7.27. The van der Waals surface area contributed by atoms with Gasteiger partial charge in [0.25, 0.3) is 0 Å². The van der Waals surface area contributed by atoms with Gasteiger partial charge in [-0.25, -0.2) is 0 Å². The minimum Gasteiger partial charge on any atom is -0.345 e. The molecule has 2 rings (SSSR count).